The number of benzene rings is 1. The third kappa shape index (κ3) is 4.51. The SMILES string of the molecule is Cc1ccc(S(=O)(=O)N2CCC(C(=O)N3CCN(C(=O)C4CCC4)CC3)CC2)cc1C. The predicted molar refractivity (Wildman–Crippen MR) is 118 cm³/mol. The molecule has 0 N–H and O–H groups in total. The van der Waals surface area contributed by atoms with E-state index in [0.717, 1.165) is 30.4 Å². The number of rotatable bonds is 4. The largest absolute Gasteiger partial charge is 0.339 e. The normalized spacial score (nSPS) is 21.7. The highest BCUT2D eigenvalue weighted by Gasteiger charge is 2.36. The zero-order valence-electron chi connectivity index (χ0n) is 18.5. The summed E-state index contributed by atoms with van der Waals surface area (Å²) in [5.41, 5.74) is 2.03. The van der Waals surface area contributed by atoms with Crippen LogP contribution in [0, 0.1) is 25.7 Å². The summed E-state index contributed by atoms with van der Waals surface area (Å²) in [6.45, 7) is 7.00. The maximum absolute atomic E-state index is 13.0. The maximum Gasteiger partial charge on any atom is 0.243 e. The molecular weight excluding hydrogens is 414 g/mol. The van der Waals surface area contributed by atoms with Crippen molar-refractivity contribution in [1.82, 2.24) is 14.1 Å². The number of hydrogen-bond donors (Lipinski definition) is 0. The summed E-state index contributed by atoms with van der Waals surface area (Å²) in [6.07, 6.45) is 4.24. The van der Waals surface area contributed by atoms with Gasteiger partial charge in [-0.25, -0.2) is 8.42 Å². The second kappa shape index (κ2) is 8.90. The molecule has 0 unspecified atom stereocenters. The van der Waals surface area contributed by atoms with Gasteiger partial charge in [0.15, 0.2) is 0 Å². The van der Waals surface area contributed by atoms with E-state index in [0.29, 0.717) is 57.0 Å². The van der Waals surface area contributed by atoms with E-state index in [1.807, 2.05) is 29.7 Å². The first kappa shape index (κ1) is 22.3. The summed E-state index contributed by atoms with van der Waals surface area (Å²) in [7, 11) is -3.53. The number of piperazine rings is 1. The maximum atomic E-state index is 13.0. The van der Waals surface area contributed by atoms with Gasteiger partial charge in [-0.15, -0.1) is 0 Å². The van der Waals surface area contributed by atoms with E-state index in [4.69, 9.17) is 0 Å². The van der Waals surface area contributed by atoms with Crippen LogP contribution in [0.5, 0.6) is 0 Å². The van der Waals surface area contributed by atoms with Gasteiger partial charge in [0.25, 0.3) is 0 Å². The molecule has 1 aliphatic carbocycles. The molecule has 2 aliphatic heterocycles. The number of aryl methyl sites for hydroxylation is 2. The van der Waals surface area contributed by atoms with Gasteiger partial charge in [0.05, 0.1) is 4.90 Å². The van der Waals surface area contributed by atoms with Crippen molar-refractivity contribution in [3.8, 4) is 0 Å². The quantitative estimate of drug-likeness (QED) is 0.709. The molecule has 3 fully saturated rings. The van der Waals surface area contributed by atoms with Crippen LogP contribution in [0.25, 0.3) is 0 Å². The molecule has 0 bridgehead atoms. The molecule has 0 radical (unpaired) electrons. The van der Waals surface area contributed by atoms with Gasteiger partial charge in [0.1, 0.15) is 0 Å². The number of sulfonamides is 1. The molecule has 1 aromatic carbocycles. The molecular formula is C23H33N3O4S. The molecule has 2 saturated heterocycles. The Morgan fingerprint density at radius 1 is 0.774 bits per heavy atom. The minimum Gasteiger partial charge on any atom is -0.339 e. The lowest BCUT2D eigenvalue weighted by Crippen LogP contribution is -2.54. The summed E-state index contributed by atoms with van der Waals surface area (Å²) in [5.74, 6) is 0.424. The molecule has 31 heavy (non-hydrogen) atoms. The Morgan fingerprint density at radius 2 is 1.29 bits per heavy atom. The highest BCUT2D eigenvalue weighted by atomic mass is 32.2. The molecule has 7 nitrogen and oxygen atoms in total. The van der Waals surface area contributed by atoms with Gasteiger partial charge in [-0.1, -0.05) is 12.5 Å². The van der Waals surface area contributed by atoms with Gasteiger partial charge in [-0.2, -0.15) is 4.31 Å². The fourth-order valence-corrected chi connectivity index (χ4v) is 6.24. The Morgan fingerprint density at radius 3 is 1.74 bits per heavy atom. The van der Waals surface area contributed by atoms with Crippen LogP contribution in [0.2, 0.25) is 0 Å². The number of carbonyl (C=O) groups is 2. The topological polar surface area (TPSA) is 78.0 Å². The second-order valence-electron chi connectivity index (χ2n) is 9.20. The Bertz CT molecular complexity index is 942. The van der Waals surface area contributed by atoms with Gasteiger partial charge in [0.2, 0.25) is 21.8 Å². The molecule has 4 rings (SSSR count). The Hall–Kier alpha value is -1.93. The summed E-state index contributed by atoms with van der Waals surface area (Å²) in [4.78, 5) is 29.5. The number of piperidine rings is 1. The average Bonchev–Trinajstić information content (AvgIpc) is 2.74. The van der Waals surface area contributed by atoms with Gasteiger partial charge >= 0.3 is 0 Å². The molecule has 0 atom stereocenters. The number of amides is 2. The Balaban J connectivity index is 1.30. The molecule has 0 aromatic heterocycles. The van der Waals surface area contributed by atoms with Gasteiger partial charge in [0, 0.05) is 51.1 Å². The van der Waals surface area contributed by atoms with E-state index in [1.54, 1.807) is 12.1 Å². The minimum absolute atomic E-state index is 0.110. The first-order chi connectivity index (χ1) is 14.8. The van der Waals surface area contributed by atoms with Crippen LogP contribution in [0.15, 0.2) is 23.1 Å². The van der Waals surface area contributed by atoms with Gasteiger partial charge in [-0.05, 0) is 62.8 Å². The molecule has 8 heteroatoms. The molecule has 3 aliphatic rings. The summed E-state index contributed by atoms with van der Waals surface area (Å²) < 4.78 is 27.5. The Labute approximate surface area is 185 Å². The number of nitrogens with zero attached hydrogens (tertiary/aromatic N) is 3. The van der Waals surface area contributed by atoms with E-state index in [2.05, 4.69) is 0 Å². The van der Waals surface area contributed by atoms with Crippen LogP contribution in [0.1, 0.15) is 43.2 Å². The molecule has 170 valence electrons. The number of carbonyl (C=O) groups excluding carboxylic acids is 2. The van der Waals surface area contributed by atoms with Crippen molar-refractivity contribution in [3.63, 3.8) is 0 Å². The van der Waals surface area contributed by atoms with Crippen molar-refractivity contribution in [1.29, 1.82) is 0 Å². The van der Waals surface area contributed by atoms with Crippen molar-refractivity contribution >= 4 is 21.8 Å². The highest BCUT2D eigenvalue weighted by molar-refractivity contribution is 7.89. The monoisotopic (exact) mass is 447 g/mol. The van der Waals surface area contributed by atoms with Crippen molar-refractivity contribution in [3.05, 3.63) is 29.3 Å². The predicted octanol–water partition coefficient (Wildman–Crippen LogP) is 2.18. The van der Waals surface area contributed by atoms with Crippen LogP contribution in [-0.4, -0.2) is 73.6 Å². The van der Waals surface area contributed by atoms with E-state index in [1.165, 1.54) is 4.31 Å². The van der Waals surface area contributed by atoms with Crippen molar-refractivity contribution in [2.24, 2.45) is 11.8 Å². The first-order valence-electron chi connectivity index (χ1n) is 11.4. The molecule has 2 amide bonds. The lowest BCUT2D eigenvalue weighted by atomic mass is 9.84. The lowest BCUT2D eigenvalue weighted by Gasteiger charge is -2.40. The van der Waals surface area contributed by atoms with E-state index in [-0.39, 0.29) is 23.7 Å². The summed E-state index contributed by atoms with van der Waals surface area (Å²) >= 11 is 0. The van der Waals surface area contributed by atoms with E-state index < -0.39 is 10.0 Å². The molecule has 1 aromatic rings. The van der Waals surface area contributed by atoms with Crippen molar-refractivity contribution in [2.45, 2.75) is 50.8 Å². The van der Waals surface area contributed by atoms with Crippen LogP contribution >= 0.6 is 0 Å². The van der Waals surface area contributed by atoms with Crippen molar-refractivity contribution in [2.75, 3.05) is 39.3 Å². The average molecular weight is 448 g/mol. The Kier molecular flexibility index (Phi) is 6.40. The lowest BCUT2D eigenvalue weighted by molar-refractivity contribution is -0.146. The van der Waals surface area contributed by atoms with Gasteiger partial charge < -0.3 is 9.80 Å². The zero-order valence-corrected chi connectivity index (χ0v) is 19.4. The standard InChI is InChI=1S/C23H33N3O4S/c1-17-6-7-21(16-18(17)2)31(29,30)26-10-8-20(9-11-26)23(28)25-14-12-24(13-15-25)22(27)19-4-3-5-19/h6-7,16,19-20H,3-5,8-15H2,1-2H3. The smallest absolute Gasteiger partial charge is 0.243 e. The third-order valence-corrected chi connectivity index (χ3v) is 9.17. The molecule has 1 saturated carbocycles. The summed E-state index contributed by atoms with van der Waals surface area (Å²) in [6, 6.07) is 5.24. The van der Waals surface area contributed by atoms with Crippen LogP contribution < -0.4 is 0 Å². The van der Waals surface area contributed by atoms with Gasteiger partial charge in [-0.3, -0.25) is 9.59 Å². The molecule has 2 heterocycles. The highest BCUT2D eigenvalue weighted by Crippen LogP contribution is 2.29. The first-order valence-corrected chi connectivity index (χ1v) is 12.9. The van der Waals surface area contributed by atoms with E-state index >= 15 is 0 Å². The summed E-state index contributed by atoms with van der Waals surface area (Å²) in [5, 5.41) is 0. The van der Waals surface area contributed by atoms with Crippen LogP contribution in [0.4, 0.5) is 0 Å². The fourth-order valence-electron chi connectivity index (χ4n) is 4.69. The van der Waals surface area contributed by atoms with E-state index in [9.17, 15) is 18.0 Å². The fraction of sp³-hybridized carbons (Fsp3) is 0.652. The number of hydrogen-bond acceptors (Lipinski definition) is 4. The zero-order chi connectivity index (χ0) is 22.2. The molecule has 0 spiro atoms. The third-order valence-electron chi connectivity index (χ3n) is 7.28. The van der Waals surface area contributed by atoms with Crippen LogP contribution in [-0.2, 0) is 19.6 Å². The van der Waals surface area contributed by atoms with Crippen molar-refractivity contribution < 1.29 is 18.0 Å². The van der Waals surface area contributed by atoms with Crippen LogP contribution in [0.3, 0.4) is 0 Å². The second-order valence-corrected chi connectivity index (χ2v) is 11.1. The minimum atomic E-state index is -3.53.